The highest BCUT2D eigenvalue weighted by Crippen LogP contribution is 2.28. The molecule has 0 saturated carbocycles. The Bertz CT molecular complexity index is 828. The molecule has 0 saturated heterocycles. The molecule has 3 rings (SSSR count). The van der Waals surface area contributed by atoms with E-state index in [-0.39, 0.29) is 5.91 Å². The highest BCUT2D eigenvalue weighted by atomic mass is 35.5. The molecule has 0 unspecified atom stereocenters. The molecule has 0 bridgehead atoms. The number of hydrogen-bond donors (Lipinski definition) is 2. The molecule has 1 heterocycles. The molecule has 1 amide bonds. The number of halogens is 1. The maximum atomic E-state index is 11.4. The van der Waals surface area contributed by atoms with E-state index in [1.807, 2.05) is 60.8 Å². The summed E-state index contributed by atoms with van der Waals surface area (Å²) < 4.78 is 0. The van der Waals surface area contributed by atoms with Crippen molar-refractivity contribution in [1.82, 2.24) is 4.98 Å². The molecule has 122 valence electrons. The minimum Gasteiger partial charge on any atom is -0.332 e. The number of thiazole rings is 1. The number of benzene rings is 2. The molecule has 0 atom stereocenters. The van der Waals surface area contributed by atoms with Crippen molar-refractivity contribution in [2.75, 3.05) is 10.6 Å². The summed E-state index contributed by atoms with van der Waals surface area (Å²) in [6.07, 6.45) is 0.465. The third-order valence-corrected chi connectivity index (χ3v) is 4.39. The van der Waals surface area contributed by atoms with Gasteiger partial charge in [-0.15, -0.1) is 11.3 Å². The summed E-state index contributed by atoms with van der Waals surface area (Å²) in [5, 5.41) is 9.61. The van der Waals surface area contributed by atoms with Crippen molar-refractivity contribution in [3.8, 4) is 11.3 Å². The number of anilines is 3. The SMILES string of the molecule is CCC(=O)Nc1ccc(Nc2nc(-c3ccc(Cl)cc3)cs2)cc1. The Morgan fingerprint density at radius 2 is 1.75 bits per heavy atom. The Morgan fingerprint density at radius 3 is 2.42 bits per heavy atom. The predicted molar refractivity (Wildman–Crippen MR) is 101 cm³/mol. The predicted octanol–water partition coefficient (Wildman–Crippen LogP) is 5.56. The van der Waals surface area contributed by atoms with Crippen LogP contribution in [0.15, 0.2) is 53.9 Å². The van der Waals surface area contributed by atoms with Crippen LogP contribution >= 0.6 is 22.9 Å². The Morgan fingerprint density at radius 1 is 1.08 bits per heavy atom. The smallest absolute Gasteiger partial charge is 0.224 e. The summed E-state index contributed by atoms with van der Waals surface area (Å²) in [7, 11) is 0. The molecule has 0 aliphatic rings. The van der Waals surface area contributed by atoms with Crippen LogP contribution in [0.4, 0.5) is 16.5 Å². The molecular weight excluding hydrogens is 342 g/mol. The first-order chi connectivity index (χ1) is 11.6. The van der Waals surface area contributed by atoms with E-state index >= 15 is 0 Å². The minimum absolute atomic E-state index is 0.00300. The standard InChI is InChI=1S/C18H16ClN3OS/c1-2-17(23)20-14-7-9-15(10-8-14)21-18-22-16(11-24-18)12-3-5-13(19)6-4-12/h3-11H,2H2,1H3,(H,20,23)(H,21,22). The molecule has 0 radical (unpaired) electrons. The van der Waals surface area contributed by atoms with E-state index in [2.05, 4.69) is 15.6 Å². The first-order valence-corrected chi connectivity index (χ1v) is 8.78. The average Bonchev–Trinajstić information content (AvgIpc) is 3.05. The molecular formula is C18H16ClN3OS. The number of carbonyl (C=O) groups excluding carboxylic acids is 1. The maximum Gasteiger partial charge on any atom is 0.224 e. The largest absolute Gasteiger partial charge is 0.332 e. The van der Waals surface area contributed by atoms with Gasteiger partial charge in [-0.1, -0.05) is 30.7 Å². The van der Waals surface area contributed by atoms with Gasteiger partial charge in [0.25, 0.3) is 0 Å². The van der Waals surface area contributed by atoms with Crippen molar-refractivity contribution in [1.29, 1.82) is 0 Å². The van der Waals surface area contributed by atoms with Gasteiger partial charge in [0.15, 0.2) is 5.13 Å². The van der Waals surface area contributed by atoms with E-state index in [1.165, 1.54) is 11.3 Å². The Balaban J connectivity index is 1.68. The lowest BCUT2D eigenvalue weighted by Crippen LogP contribution is -2.09. The van der Waals surface area contributed by atoms with Crippen molar-refractivity contribution in [3.05, 3.63) is 58.9 Å². The minimum atomic E-state index is 0.00300. The molecule has 2 aromatic carbocycles. The number of nitrogens with zero attached hydrogens (tertiary/aromatic N) is 1. The van der Waals surface area contributed by atoms with Crippen molar-refractivity contribution in [2.45, 2.75) is 13.3 Å². The zero-order valence-corrected chi connectivity index (χ0v) is 14.6. The van der Waals surface area contributed by atoms with Gasteiger partial charge in [0.2, 0.25) is 5.91 Å². The number of rotatable bonds is 5. The Hall–Kier alpha value is -2.37. The molecule has 1 aromatic heterocycles. The Kier molecular flexibility index (Phi) is 5.13. The van der Waals surface area contributed by atoms with Gasteiger partial charge in [-0.2, -0.15) is 0 Å². The van der Waals surface area contributed by atoms with Gasteiger partial charge in [0.05, 0.1) is 5.69 Å². The van der Waals surface area contributed by atoms with Crippen LogP contribution in [0.5, 0.6) is 0 Å². The third-order valence-electron chi connectivity index (χ3n) is 3.39. The van der Waals surface area contributed by atoms with Gasteiger partial charge in [-0.3, -0.25) is 4.79 Å². The van der Waals surface area contributed by atoms with Gasteiger partial charge < -0.3 is 10.6 Å². The van der Waals surface area contributed by atoms with Crippen LogP contribution in [0.2, 0.25) is 5.02 Å². The fourth-order valence-corrected chi connectivity index (χ4v) is 2.96. The summed E-state index contributed by atoms with van der Waals surface area (Å²) in [5.74, 6) is 0.00300. The van der Waals surface area contributed by atoms with Crippen LogP contribution in [0.3, 0.4) is 0 Å². The molecule has 0 spiro atoms. The lowest BCUT2D eigenvalue weighted by Gasteiger charge is -2.06. The highest BCUT2D eigenvalue weighted by molar-refractivity contribution is 7.14. The third kappa shape index (κ3) is 4.13. The number of amides is 1. The van der Waals surface area contributed by atoms with Crippen LogP contribution in [-0.2, 0) is 4.79 Å². The monoisotopic (exact) mass is 357 g/mol. The maximum absolute atomic E-state index is 11.4. The first kappa shape index (κ1) is 16.5. The summed E-state index contributed by atoms with van der Waals surface area (Å²) in [6.45, 7) is 1.83. The van der Waals surface area contributed by atoms with Crippen LogP contribution in [0, 0.1) is 0 Å². The van der Waals surface area contributed by atoms with E-state index in [4.69, 9.17) is 11.6 Å². The second-order valence-electron chi connectivity index (χ2n) is 5.15. The molecule has 0 aliphatic heterocycles. The number of aromatic nitrogens is 1. The van der Waals surface area contributed by atoms with Gasteiger partial charge in [0.1, 0.15) is 0 Å². The van der Waals surface area contributed by atoms with Crippen LogP contribution in [-0.4, -0.2) is 10.9 Å². The normalized spacial score (nSPS) is 10.4. The quantitative estimate of drug-likeness (QED) is 0.628. The second-order valence-corrected chi connectivity index (χ2v) is 6.44. The van der Waals surface area contributed by atoms with Crippen molar-refractivity contribution in [3.63, 3.8) is 0 Å². The zero-order valence-electron chi connectivity index (χ0n) is 13.0. The summed E-state index contributed by atoms with van der Waals surface area (Å²) >= 11 is 7.45. The topological polar surface area (TPSA) is 54.0 Å². The second kappa shape index (κ2) is 7.47. The van der Waals surface area contributed by atoms with Crippen LogP contribution < -0.4 is 10.6 Å². The van der Waals surface area contributed by atoms with E-state index < -0.39 is 0 Å². The fraction of sp³-hybridized carbons (Fsp3) is 0.111. The first-order valence-electron chi connectivity index (χ1n) is 7.52. The molecule has 2 N–H and O–H groups in total. The summed E-state index contributed by atoms with van der Waals surface area (Å²) in [4.78, 5) is 16.0. The molecule has 4 nitrogen and oxygen atoms in total. The van der Waals surface area contributed by atoms with Crippen molar-refractivity contribution < 1.29 is 4.79 Å². The van der Waals surface area contributed by atoms with Crippen LogP contribution in [0.25, 0.3) is 11.3 Å². The van der Waals surface area contributed by atoms with Gasteiger partial charge in [0, 0.05) is 33.8 Å². The lowest BCUT2D eigenvalue weighted by molar-refractivity contribution is -0.115. The van der Waals surface area contributed by atoms with Crippen molar-refractivity contribution >= 4 is 45.4 Å². The Labute approximate surface area is 149 Å². The van der Waals surface area contributed by atoms with Crippen molar-refractivity contribution in [2.24, 2.45) is 0 Å². The van der Waals surface area contributed by atoms with Crippen LogP contribution in [0.1, 0.15) is 13.3 Å². The number of carbonyl (C=O) groups is 1. The molecule has 6 heteroatoms. The average molecular weight is 358 g/mol. The molecule has 3 aromatic rings. The summed E-state index contributed by atoms with van der Waals surface area (Å²) in [5.41, 5.74) is 3.64. The van der Waals surface area contributed by atoms with E-state index in [0.29, 0.717) is 11.4 Å². The highest BCUT2D eigenvalue weighted by Gasteiger charge is 2.05. The van der Waals surface area contributed by atoms with E-state index in [0.717, 1.165) is 27.8 Å². The number of hydrogen-bond acceptors (Lipinski definition) is 4. The summed E-state index contributed by atoms with van der Waals surface area (Å²) in [6, 6.07) is 15.2. The molecule has 0 fully saturated rings. The van der Waals surface area contributed by atoms with Gasteiger partial charge in [-0.05, 0) is 36.4 Å². The fourth-order valence-electron chi connectivity index (χ4n) is 2.09. The lowest BCUT2D eigenvalue weighted by atomic mass is 10.2. The van der Waals surface area contributed by atoms with E-state index in [9.17, 15) is 4.79 Å². The molecule has 24 heavy (non-hydrogen) atoms. The van der Waals surface area contributed by atoms with Gasteiger partial charge in [-0.25, -0.2) is 4.98 Å². The number of nitrogens with one attached hydrogen (secondary N) is 2. The zero-order chi connectivity index (χ0) is 16.9. The molecule has 0 aliphatic carbocycles. The van der Waals surface area contributed by atoms with Gasteiger partial charge >= 0.3 is 0 Å². The van der Waals surface area contributed by atoms with E-state index in [1.54, 1.807) is 0 Å².